The molecule has 5 atom stereocenters. The molecule has 1 aromatic rings. The summed E-state index contributed by atoms with van der Waals surface area (Å²) in [5, 5.41) is 26.3. The van der Waals surface area contributed by atoms with Crippen molar-refractivity contribution in [1.29, 1.82) is 0 Å². The first-order valence-corrected chi connectivity index (χ1v) is 11.5. The average Bonchev–Trinajstić information content (AvgIpc) is 2.77. The molecule has 1 aliphatic rings. The predicted molar refractivity (Wildman–Crippen MR) is 120 cm³/mol. The second-order valence-electron chi connectivity index (χ2n) is 8.46. The number of rotatable bonds is 11. The fourth-order valence-corrected chi connectivity index (χ4v) is 3.96. The Bertz CT molecular complexity index is 741. The van der Waals surface area contributed by atoms with Crippen molar-refractivity contribution in [2.75, 3.05) is 0 Å². The number of nitrogens with one attached hydrogen (secondary N) is 2. The average molecular weight is 449 g/mol. The van der Waals surface area contributed by atoms with Gasteiger partial charge in [-0.05, 0) is 24.8 Å². The third kappa shape index (κ3) is 8.24. The number of unbranched alkanes of at least 4 members (excludes halogenated alkanes) is 1. The number of aliphatic hydroxyl groups excluding tert-OH is 2. The quantitative estimate of drug-likeness (QED) is 0.381. The molecule has 0 bridgehead atoms. The maximum Gasteiger partial charge on any atom is 0.303 e. The van der Waals surface area contributed by atoms with Gasteiger partial charge in [0.25, 0.3) is 11.8 Å². The van der Waals surface area contributed by atoms with Crippen LogP contribution in [0.1, 0.15) is 64.4 Å². The van der Waals surface area contributed by atoms with E-state index < -0.39 is 48.2 Å². The van der Waals surface area contributed by atoms with Crippen molar-refractivity contribution < 1.29 is 29.3 Å². The lowest BCUT2D eigenvalue weighted by Gasteiger charge is -2.31. The molecule has 8 heteroatoms. The van der Waals surface area contributed by atoms with Crippen molar-refractivity contribution >= 4 is 17.8 Å². The van der Waals surface area contributed by atoms with Crippen LogP contribution in [0.25, 0.3) is 0 Å². The maximum atomic E-state index is 13.0. The van der Waals surface area contributed by atoms with Crippen LogP contribution in [0, 0.1) is 0 Å². The third-order valence-electron chi connectivity index (χ3n) is 5.77. The molecule has 2 amide bonds. The standard InChI is InChI=1S/C24H36N2O6/c1-3-4-12-19(22(29)24(31)25-18-13-8-9-14-20(18)28)26-23(30)21(32-16(2)27)15-17-10-6-5-7-11-17/h5-7,10-11,18-22,28-29H,3-4,8-9,12-15H2,1-2H3,(H,25,31)(H,26,30)/t18-,19-,20-,21+,22-/m0/s1. The van der Waals surface area contributed by atoms with E-state index in [-0.39, 0.29) is 6.42 Å². The Morgan fingerprint density at radius 1 is 1.12 bits per heavy atom. The van der Waals surface area contributed by atoms with Crippen LogP contribution in [0.2, 0.25) is 0 Å². The second-order valence-corrected chi connectivity index (χ2v) is 8.46. The molecule has 1 aromatic carbocycles. The highest BCUT2D eigenvalue weighted by Gasteiger charge is 2.33. The van der Waals surface area contributed by atoms with Crippen LogP contribution >= 0.6 is 0 Å². The summed E-state index contributed by atoms with van der Waals surface area (Å²) in [7, 11) is 0. The first-order chi connectivity index (χ1) is 15.3. The van der Waals surface area contributed by atoms with Gasteiger partial charge in [0.1, 0.15) is 0 Å². The van der Waals surface area contributed by atoms with E-state index in [1.807, 2.05) is 37.3 Å². The molecule has 0 aromatic heterocycles. The van der Waals surface area contributed by atoms with E-state index >= 15 is 0 Å². The molecule has 0 heterocycles. The van der Waals surface area contributed by atoms with E-state index in [0.717, 1.165) is 24.8 Å². The number of carbonyl (C=O) groups is 3. The van der Waals surface area contributed by atoms with Crippen molar-refractivity contribution in [2.24, 2.45) is 0 Å². The molecule has 1 saturated carbocycles. The summed E-state index contributed by atoms with van der Waals surface area (Å²) in [5.74, 6) is -1.77. The number of esters is 1. The second kappa shape index (κ2) is 13.2. The molecule has 2 rings (SSSR count). The Kier molecular flexibility index (Phi) is 10.6. The summed E-state index contributed by atoms with van der Waals surface area (Å²) in [4.78, 5) is 37.2. The smallest absolute Gasteiger partial charge is 0.303 e. The van der Waals surface area contributed by atoms with Crippen LogP contribution in [-0.4, -0.2) is 58.4 Å². The van der Waals surface area contributed by atoms with Crippen LogP contribution in [0.15, 0.2) is 30.3 Å². The summed E-state index contributed by atoms with van der Waals surface area (Å²) in [6.07, 6.45) is 1.97. The highest BCUT2D eigenvalue weighted by Crippen LogP contribution is 2.19. The van der Waals surface area contributed by atoms with Gasteiger partial charge in [0, 0.05) is 13.3 Å². The summed E-state index contributed by atoms with van der Waals surface area (Å²) in [5.41, 5.74) is 0.823. The van der Waals surface area contributed by atoms with E-state index in [1.165, 1.54) is 6.92 Å². The van der Waals surface area contributed by atoms with E-state index in [9.17, 15) is 24.6 Å². The zero-order valence-electron chi connectivity index (χ0n) is 19.0. The molecular formula is C24H36N2O6. The molecule has 32 heavy (non-hydrogen) atoms. The fourth-order valence-electron chi connectivity index (χ4n) is 3.96. The molecule has 0 spiro atoms. The van der Waals surface area contributed by atoms with Gasteiger partial charge in [-0.3, -0.25) is 14.4 Å². The Morgan fingerprint density at radius 3 is 2.44 bits per heavy atom. The topological polar surface area (TPSA) is 125 Å². The predicted octanol–water partition coefficient (Wildman–Crippen LogP) is 1.62. The van der Waals surface area contributed by atoms with Crippen LogP contribution < -0.4 is 10.6 Å². The zero-order chi connectivity index (χ0) is 23.5. The summed E-state index contributed by atoms with van der Waals surface area (Å²) in [6, 6.07) is 7.93. The van der Waals surface area contributed by atoms with Crippen LogP contribution in [0.4, 0.5) is 0 Å². The van der Waals surface area contributed by atoms with Gasteiger partial charge in [0.2, 0.25) is 0 Å². The Morgan fingerprint density at radius 2 is 1.81 bits per heavy atom. The highest BCUT2D eigenvalue weighted by atomic mass is 16.5. The first-order valence-electron chi connectivity index (χ1n) is 11.5. The Hall–Kier alpha value is -2.45. The van der Waals surface area contributed by atoms with E-state index in [0.29, 0.717) is 25.7 Å². The number of hydrogen-bond acceptors (Lipinski definition) is 6. The van der Waals surface area contributed by atoms with Crippen molar-refractivity contribution in [1.82, 2.24) is 10.6 Å². The molecule has 0 unspecified atom stereocenters. The molecular weight excluding hydrogens is 412 g/mol. The minimum atomic E-state index is -1.48. The third-order valence-corrected chi connectivity index (χ3v) is 5.77. The number of benzene rings is 1. The molecule has 8 nitrogen and oxygen atoms in total. The minimum absolute atomic E-state index is 0.184. The number of aliphatic hydroxyl groups is 2. The van der Waals surface area contributed by atoms with Crippen LogP contribution in [0.3, 0.4) is 0 Å². The van der Waals surface area contributed by atoms with Gasteiger partial charge in [-0.15, -0.1) is 0 Å². The van der Waals surface area contributed by atoms with E-state index in [4.69, 9.17) is 4.74 Å². The molecule has 178 valence electrons. The normalized spacial score (nSPS) is 21.1. The van der Waals surface area contributed by atoms with Gasteiger partial charge in [-0.2, -0.15) is 0 Å². The molecule has 1 fully saturated rings. The number of hydrogen-bond donors (Lipinski definition) is 4. The largest absolute Gasteiger partial charge is 0.452 e. The van der Waals surface area contributed by atoms with Gasteiger partial charge in [0.15, 0.2) is 12.2 Å². The maximum absolute atomic E-state index is 13.0. The minimum Gasteiger partial charge on any atom is -0.452 e. The SMILES string of the molecule is CCCC[C@H](NC(=O)[C@@H](Cc1ccccc1)OC(C)=O)[C@H](O)C(=O)N[C@H]1CCCC[C@@H]1O. The number of amides is 2. The van der Waals surface area contributed by atoms with Gasteiger partial charge in [-0.25, -0.2) is 0 Å². The zero-order valence-corrected chi connectivity index (χ0v) is 19.0. The van der Waals surface area contributed by atoms with Crippen molar-refractivity contribution in [3.8, 4) is 0 Å². The lowest BCUT2D eigenvalue weighted by molar-refractivity contribution is -0.154. The summed E-state index contributed by atoms with van der Waals surface area (Å²) < 4.78 is 5.23. The van der Waals surface area contributed by atoms with Crippen molar-refractivity contribution in [3.05, 3.63) is 35.9 Å². The van der Waals surface area contributed by atoms with E-state index in [2.05, 4.69) is 10.6 Å². The Labute approximate surface area is 189 Å². The molecule has 4 N–H and O–H groups in total. The molecule has 0 saturated heterocycles. The van der Waals surface area contributed by atoms with Crippen LogP contribution in [0.5, 0.6) is 0 Å². The fraction of sp³-hybridized carbons (Fsp3) is 0.625. The van der Waals surface area contributed by atoms with Gasteiger partial charge in [-0.1, -0.05) is 62.9 Å². The highest BCUT2D eigenvalue weighted by molar-refractivity contribution is 5.86. The molecule has 1 aliphatic carbocycles. The van der Waals surface area contributed by atoms with Gasteiger partial charge >= 0.3 is 5.97 Å². The lowest BCUT2D eigenvalue weighted by Crippen LogP contribution is -2.56. The monoisotopic (exact) mass is 448 g/mol. The van der Waals surface area contributed by atoms with Crippen molar-refractivity contribution in [3.63, 3.8) is 0 Å². The van der Waals surface area contributed by atoms with Gasteiger partial charge < -0.3 is 25.6 Å². The van der Waals surface area contributed by atoms with Gasteiger partial charge in [0.05, 0.1) is 18.2 Å². The summed E-state index contributed by atoms with van der Waals surface area (Å²) >= 11 is 0. The molecule has 0 aliphatic heterocycles. The van der Waals surface area contributed by atoms with Crippen molar-refractivity contribution in [2.45, 2.75) is 95.6 Å². The first kappa shape index (κ1) is 25.8. The Balaban J connectivity index is 2.07. The lowest BCUT2D eigenvalue weighted by atomic mass is 9.92. The van der Waals surface area contributed by atoms with E-state index in [1.54, 1.807) is 0 Å². The summed E-state index contributed by atoms with van der Waals surface area (Å²) in [6.45, 7) is 3.21. The number of ether oxygens (including phenoxy) is 1. The number of carbonyl (C=O) groups excluding carboxylic acids is 3. The molecule has 0 radical (unpaired) electrons. The van der Waals surface area contributed by atoms with Crippen LogP contribution in [-0.2, 0) is 25.5 Å².